The summed E-state index contributed by atoms with van der Waals surface area (Å²) in [6.45, 7) is 5.54. The predicted octanol–water partition coefficient (Wildman–Crippen LogP) is 2.17. The SMILES string of the molecule is CCNc1cc(C(=O)NCCSC)cc(CC)n1. The van der Waals surface area contributed by atoms with Crippen LogP contribution < -0.4 is 10.6 Å². The summed E-state index contributed by atoms with van der Waals surface area (Å²) in [5, 5.41) is 6.05. The molecule has 0 atom stereocenters. The molecule has 0 aliphatic heterocycles. The van der Waals surface area contributed by atoms with Gasteiger partial charge in [0, 0.05) is 30.1 Å². The standard InChI is InChI=1S/C13H21N3OS/c1-4-11-8-10(9-12(16-11)14-5-2)13(17)15-6-7-18-3/h8-9H,4-7H2,1-3H3,(H,14,16)(H,15,17). The van der Waals surface area contributed by atoms with Crippen molar-refractivity contribution in [2.45, 2.75) is 20.3 Å². The number of carbonyl (C=O) groups is 1. The van der Waals surface area contributed by atoms with E-state index >= 15 is 0 Å². The number of aryl methyl sites for hydroxylation is 1. The molecule has 0 saturated heterocycles. The molecule has 1 aromatic rings. The quantitative estimate of drug-likeness (QED) is 0.743. The van der Waals surface area contributed by atoms with E-state index in [-0.39, 0.29) is 5.91 Å². The largest absolute Gasteiger partial charge is 0.370 e. The minimum absolute atomic E-state index is 0.0275. The van der Waals surface area contributed by atoms with Crippen LogP contribution in [0, 0.1) is 0 Å². The Morgan fingerprint density at radius 1 is 1.39 bits per heavy atom. The van der Waals surface area contributed by atoms with Crippen LogP contribution in [0.1, 0.15) is 29.9 Å². The number of hydrogen-bond acceptors (Lipinski definition) is 4. The van der Waals surface area contributed by atoms with Crippen molar-refractivity contribution in [1.82, 2.24) is 10.3 Å². The van der Waals surface area contributed by atoms with E-state index < -0.39 is 0 Å². The summed E-state index contributed by atoms with van der Waals surface area (Å²) in [5.74, 6) is 1.67. The molecule has 2 N–H and O–H groups in total. The van der Waals surface area contributed by atoms with Gasteiger partial charge in [0.25, 0.3) is 5.91 Å². The van der Waals surface area contributed by atoms with E-state index in [1.807, 2.05) is 26.2 Å². The van der Waals surface area contributed by atoms with Gasteiger partial charge in [0.1, 0.15) is 5.82 Å². The van der Waals surface area contributed by atoms with Crippen LogP contribution in [0.15, 0.2) is 12.1 Å². The molecule has 0 aromatic carbocycles. The Balaban J connectivity index is 2.79. The van der Waals surface area contributed by atoms with Gasteiger partial charge in [-0.2, -0.15) is 11.8 Å². The Labute approximate surface area is 113 Å². The highest BCUT2D eigenvalue weighted by Gasteiger charge is 2.08. The van der Waals surface area contributed by atoms with Crippen LogP contribution in [-0.2, 0) is 6.42 Å². The summed E-state index contributed by atoms with van der Waals surface area (Å²) in [6.07, 6.45) is 2.85. The van der Waals surface area contributed by atoms with Gasteiger partial charge in [-0.1, -0.05) is 6.92 Å². The number of aromatic nitrogens is 1. The summed E-state index contributed by atoms with van der Waals surface area (Å²) in [4.78, 5) is 16.4. The van der Waals surface area contributed by atoms with Crippen molar-refractivity contribution < 1.29 is 4.79 Å². The molecule has 1 rings (SSSR count). The molecule has 0 aliphatic carbocycles. The van der Waals surface area contributed by atoms with Gasteiger partial charge in [0.2, 0.25) is 0 Å². The molecule has 4 nitrogen and oxygen atoms in total. The summed E-state index contributed by atoms with van der Waals surface area (Å²) >= 11 is 1.72. The molecule has 1 heterocycles. The third-order valence-electron chi connectivity index (χ3n) is 2.45. The normalized spacial score (nSPS) is 10.2. The third kappa shape index (κ3) is 4.56. The molecular formula is C13H21N3OS. The van der Waals surface area contributed by atoms with E-state index in [1.54, 1.807) is 17.8 Å². The molecule has 0 radical (unpaired) electrons. The maximum absolute atomic E-state index is 12.0. The average Bonchev–Trinajstić information content (AvgIpc) is 2.39. The highest BCUT2D eigenvalue weighted by atomic mass is 32.2. The molecule has 100 valence electrons. The smallest absolute Gasteiger partial charge is 0.251 e. The summed E-state index contributed by atoms with van der Waals surface area (Å²) in [7, 11) is 0. The van der Waals surface area contributed by atoms with Crippen molar-refractivity contribution in [3.05, 3.63) is 23.4 Å². The second-order valence-electron chi connectivity index (χ2n) is 3.86. The Morgan fingerprint density at radius 3 is 2.78 bits per heavy atom. The number of nitrogens with one attached hydrogen (secondary N) is 2. The molecule has 1 aromatic heterocycles. The summed E-state index contributed by atoms with van der Waals surface area (Å²) < 4.78 is 0. The van der Waals surface area contributed by atoms with Crippen LogP contribution >= 0.6 is 11.8 Å². The lowest BCUT2D eigenvalue weighted by molar-refractivity contribution is 0.0956. The summed E-state index contributed by atoms with van der Waals surface area (Å²) in [5.41, 5.74) is 1.61. The van der Waals surface area contributed by atoms with Crippen molar-refractivity contribution in [2.24, 2.45) is 0 Å². The van der Waals surface area contributed by atoms with Gasteiger partial charge >= 0.3 is 0 Å². The molecule has 0 saturated carbocycles. The van der Waals surface area contributed by atoms with E-state index in [2.05, 4.69) is 15.6 Å². The van der Waals surface area contributed by atoms with E-state index in [0.29, 0.717) is 12.1 Å². The molecule has 5 heteroatoms. The fourth-order valence-corrected chi connectivity index (χ4v) is 1.85. The lowest BCUT2D eigenvalue weighted by atomic mass is 10.2. The number of anilines is 1. The van der Waals surface area contributed by atoms with Gasteiger partial charge in [-0.05, 0) is 31.7 Å². The molecule has 0 unspecified atom stereocenters. The average molecular weight is 267 g/mol. The van der Waals surface area contributed by atoms with Crippen molar-refractivity contribution >= 4 is 23.5 Å². The van der Waals surface area contributed by atoms with Gasteiger partial charge in [0.15, 0.2) is 0 Å². The monoisotopic (exact) mass is 267 g/mol. The maximum atomic E-state index is 12.0. The lowest BCUT2D eigenvalue weighted by Gasteiger charge is -2.09. The molecule has 0 fully saturated rings. The fraction of sp³-hybridized carbons (Fsp3) is 0.538. The molecule has 0 bridgehead atoms. The van der Waals surface area contributed by atoms with Gasteiger partial charge in [-0.25, -0.2) is 4.98 Å². The van der Waals surface area contributed by atoms with Crippen LogP contribution in [0.5, 0.6) is 0 Å². The minimum atomic E-state index is -0.0275. The van der Waals surface area contributed by atoms with Crippen molar-refractivity contribution in [1.29, 1.82) is 0 Å². The van der Waals surface area contributed by atoms with Crippen molar-refractivity contribution in [3.63, 3.8) is 0 Å². The number of carbonyl (C=O) groups excluding carboxylic acids is 1. The van der Waals surface area contributed by atoms with E-state index in [0.717, 1.165) is 30.2 Å². The predicted molar refractivity (Wildman–Crippen MR) is 78.5 cm³/mol. The third-order valence-corrected chi connectivity index (χ3v) is 3.06. The second-order valence-corrected chi connectivity index (χ2v) is 4.85. The van der Waals surface area contributed by atoms with Crippen LogP contribution in [0.3, 0.4) is 0 Å². The number of rotatable bonds is 7. The maximum Gasteiger partial charge on any atom is 0.251 e. The van der Waals surface area contributed by atoms with Gasteiger partial charge in [-0.15, -0.1) is 0 Å². The highest BCUT2D eigenvalue weighted by Crippen LogP contribution is 2.11. The molecule has 18 heavy (non-hydrogen) atoms. The molecule has 1 amide bonds. The second kappa shape index (κ2) is 7.97. The first-order valence-corrected chi connectivity index (χ1v) is 7.62. The molecule has 0 aliphatic rings. The zero-order chi connectivity index (χ0) is 13.4. The van der Waals surface area contributed by atoms with E-state index in [9.17, 15) is 4.79 Å². The Morgan fingerprint density at radius 2 is 2.17 bits per heavy atom. The minimum Gasteiger partial charge on any atom is -0.370 e. The number of pyridine rings is 1. The first kappa shape index (κ1) is 14.8. The number of thioether (sulfide) groups is 1. The number of nitrogens with zero attached hydrogens (tertiary/aromatic N) is 1. The molecular weight excluding hydrogens is 246 g/mol. The zero-order valence-electron chi connectivity index (χ0n) is 11.2. The highest BCUT2D eigenvalue weighted by molar-refractivity contribution is 7.98. The fourth-order valence-electron chi connectivity index (χ4n) is 1.54. The van der Waals surface area contributed by atoms with Gasteiger partial charge in [-0.3, -0.25) is 4.79 Å². The Hall–Kier alpha value is -1.23. The van der Waals surface area contributed by atoms with E-state index in [1.165, 1.54) is 0 Å². The topological polar surface area (TPSA) is 54.0 Å². The molecule has 0 spiro atoms. The van der Waals surface area contributed by atoms with E-state index in [4.69, 9.17) is 0 Å². The first-order valence-electron chi connectivity index (χ1n) is 6.23. The van der Waals surface area contributed by atoms with Gasteiger partial charge < -0.3 is 10.6 Å². The lowest BCUT2D eigenvalue weighted by Crippen LogP contribution is -2.26. The van der Waals surface area contributed by atoms with Crippen LogP contribution in [-0.4, -0.2) is 36.0 Å². The Kier molecular flexibility index (Phi) is 6.57. The van der Waals surface area contributed by atoms with Crippen molar-refractivity contribution in [2.75, 3.05) is 30.4 Å². The van der Waals surface area contributed by atoms with Crippen LogP contribution in [0.2, 0.25) is 0 Å². The van der Waals surface area contributed by atoms with Gasteiger partial charge in [0.05, 0.1) is 0 Å². The van der Waals surface area contributed by atoms with Crippen molar-refractivity contribution in [3.8, 4) is 0 Å². The van der Waals surface area contributed by atoms with Crippen LogP contribution in [0.4, 0.5) is 5.82 Å². The number of amides is 1. The Bertz CT molecular complexity index is 396. The first-order chi connectivity index (χ1) is 8.71. The zero-order valence-corrected chi connectivity index (χ0v) is 12.1. The number of hydrogen-bond donors (Lipinski definition) is 2. The summed E-state index contributed by atoms with van der Waals surface area (Å²) in [6, 6.07) is 3.66. The van der Waals surface area contributed by atoms with Crippen LogP contribution in [0.25, 0.3) is 0 Å².